The number of carbonyl (C=O) groups excluding carboxylic acids is 1. The van der Waals surface area contributed by atoms with Crippen molar-refractivity contribution in [3.05, 3.63) is 39.5 Å². The molecule has 86 valence electrons. The first kappa shape index (κ1) is 13.2. The van der Waals surface area contributed by atoms with Gasteiger partial charge in [-0.2, -0.15) is 0 Å². The van der Waals surface area contributed by atoms with E-state index in [2.05, 4.69) is 27.9 Å². The number of nitrogens with one attached hydrogen (secondary N) is 1. The lowest BCUT2D eigenvalue weighted by molar-refractivity contribution is -0.117. The number of amides is 1. The van der Waals surface area contributed by atoms with Gasteiger partial charge in [0.05, 0.1) is 0 Å². The second kappa shape index (κ2) is 5.48. The first-order valence-corrected chi connectivity index (χ1v) is 6.20. The molecule has 0 aliphatic rings. The molecule has 0 bridgehead atoms. The molecule has 0 aliphatic heterocycles. The highest BCUT2D eigenvalue weighted by molar-refractivity contribution is 14.1. The SMILES string of the molecule is CC(C)(C)NC(=O)/C=C/c1cccc(I)c1. The summed E-state index contributed by atoms with van der Waals surface area (Å²) in [6.45, 7) is 5.89. The largest absolute Gasteiger partial charge is 0.348 e. The van der Waals surface area contributed by atoms with E-state index in [1.54, 1.807) is 6.08 Å². The van der Waals surface area contributed by atoms with Crippen LogP contribution in [0, 0.1) is 3.57 Å². The molecule has 0 heterocycles. The molecule has 0 fully saturated rings. The fourth-order valence-electron chi connectivity index (χ4n) is 1.19. The van der Waals surface area contributed by atoms with E-state index in [0.717, 1.165) is 9.13 Å². The Labute approximate surface area is 110 Å². The molecule has 0 aromatic heterocycles. The first-order valence-electron chi connectivity index (χ1n) is 5.13. The highest BCUT2D eigenvalue weighted by atomic mass is 127. The Morgan fingerprint density at radius 1 is 1.38 bits per heavy atom. The maximum Gasteiger partial charge on any atom is 0.244 e. The van der Waals surface area contributed by atoms with Crippen LogP contribution in [0.5, 0.6) is 0 Å². The van der Waals surface area contributed by atoms with Crippen molar-refractivity contribution in [1.82, 2.24) is 5.32 Å². The molecule has 0 atom stereocenters. The van der Waals surface area contributed by atoms with E-state index >= 15 is 0 Å². The summed E-state index contributed by atoms with van der Waals surface area (Å²) in [7, 11) is 0. The Bertz CT molecular complexity index is 405. The number of hydrogen-bond acceptors (Lipinski definition) is 1. The zero-order chi connectivity index (χ0) is 12.2. The summed E-state index contributed by atoms with van der Waals surface area (Å²) < 4.78 is 1.16. The lowest BCUT2D eigenvalue weighted by Crippen LogP contribution is -2.39. The molecule has 0 radical (unpaired) electrons. The van der Waals surface area contributed by atoms with Gasteiger partial charge in [0.25, 0.3) is 0 Å². The lowest BCUT2D eigenvalue weighted by atomic mass is 10.1. The van der Waals surface area contributed by atoms with Gasteiger partial charge in [-0.15, -0.1) is 0 Å². The summed E-state index contributed by atoms with van der Waals surface area (Å²) in [5.74, 6) is -0.0636. The van der Waals surface area contributed by atoms with Crippen LogP contribution in [0.2, 0.25) is 0 Å². The van der Waals surface area contributed by atoms with E-state index in [9.17, 15) is 4.79 Å². The van der Waals surface area contributed by atoms with Crippen molar-refractivity contribution in [3.63, 3.8) is 0 Å². The van der Waals surface area contributed by atoms with Crippen LogP contribution in [-0.4, -0.2) is 11.4 Å². The maximum absolute atomic E-state index is 11.5. The van der Waals surface area contributed by atoms with E-state index in [4.69, 9.17) is 0 Å². The average Bonchev–Trinajstić information content (AvgIpc) is 2.12. The van der Waals surface area contributed by atoms with Gasteiger partial charge in [-0.25, -0.2) is 0 Å². The van der Waals surface area contributed by atoms with Gasteiger partial charge >= 0.3 is 0 Å². The third-order valence-corrected chi connectivity index (χ3v) is 2.45. The summed E-state index contributed by atoms with van der Waals surface area (Å²) in [5.41, 5.74) is 0.850. The van der Waals surface area contributed by atoms with E-state index in [-0.39, 0.29) is 11.4 Å². The first-order chi connectivity index (χ1) is 7.37. The predicted molar refractivity (Wildman–Crippen MR) is 76.1 cm³/mol. The van der Waals surface area contributed by atoms with Gasteiger partial charge in [0.2, 0.25) is 5.91 Å². The third-order valence-electron chi connectivity index (χ3n) is 1.77. The van der Waals surface area contributed by atoms with Gasteiger partial charge < -0.3 is 5.32 Å². The van der Waals surface area contributed by atoms with E-state index < -0.39 is 0 Å². The molecule has 16 heavy (non-hydrogen) atoms. The maximum atomic E-state index is 11.5. The van der Waals surface area contributed by atoms with Crippen LogP contribution >= 0.6 is 22.6 Å². The summed E-state index contributed by atoms with van der Waals surface area (Å²) >= 11 is 2.25. The molecule has 0 spiro atoms. The Morgan fingerprint density at radius 2 is 2.06 bits per heavy atom. The normalized spacial score (nSPS) is 11.8. The summed E-state index contributed by atoms with van der Waals surface area (Å²) in [6, 6.07) is 8.00. The van der Waals surface area contributed by atoms with Gasteiger partial charge in [0.1, 0.15) is 0 Å². The van der Waals surface area contributed by atoms with Crippen molar-refractivity contribution in [2.45, 2.75) is 26.3 Å². The van der Waals surface area contributed by atoms with E-state index in [1.165, 1.54) is 0 Å². The topological polar surface area (TPSA) is 29.1 Å². The monoisotopic (exact) mass is 329 g/mol. The molecule has 0 saturated heterocycles. The van der Waals surface area contributed by atoms with Crippen molar-refractivity contribution in [1.29, 1.82) is 0 Å². The molecule has 1 aromatic rings. The molecule has 1 amide bonds. The number of benzene rings is 1. The summed E-state index contributed by atoms with van der Waals surface area (Å²) in [5, 5.41) is 2.88. The Kier molecular flexibility index (Phi) is 4.53. The summed E-state index contributed by atoms with van der Waals surface area (Å²) in [6.07, 6.45) is 3.39. The molecule has 3 heteroatoms. The third kappa shape index (κ3) is 5.30. The minimum atomic E-state index is -0.188. The number of hydrogen-bond donors (Lipinski definition) is 1. The van der Waals surface area contributed by atoms with Gasteiger partial charge in [-0.3, -0.25) is 4.79 Å². The lowest BCUT2D eigenvalue weighted by Gasteiger charge is -2.18. The van der Waals surface area contributed by atoms with Crippen molar-refractivity contribution in [3.8, 4) is 0 Å². The second-order valence-electron chi connectivity index (χ2n) is 4.63. The van der Waals surface area contributed by atoms with Crippen molar-refractivity contribution in [2.75, 3.05) is 0 Å². The Hall–Kier alpha value is -0.840. The molecule has 2 nitrogen and oxygen atoms in total. The van der Waals surface area contributed by atoms with Crippen LogP contribution in [-0.2, 0) is 4.79 Å². The van der Waals surface area contributed by atoms with Crippen molar-refractivity contribution < 1.29 is 4.79 Å². The average molecular weight is 329 g/mol. The molecular weight excluding hydrogens is 313 g/mol. The molecule has 0 saturated carbocycles. The Balaban J connectivity index is 2.64. The molecule has 1 aromatic carbocycles. The molecule has 1 N–H and O–H groups in total. The van der Waals surface area contributed by atoms with Crippen LogP contribution in [0.25, 0.3) is 6.08 Å². The van der Waals surface area contributed by atoms with E-state index in [1.807, 2.05) is 51.1 Å². The van der Waals surface area contributed by atoms with Gasteiger partial charge in [-0.05, 0) is 67.1 Å². The Morgan fingerprint density at radius 3 is 2.62 bits per heavy atom. The number of rotatable bonds is 2. The minimum Gasteiger partial charge on any atom is -0.348 e. The molecular formula is C13H16INO. The molecule has 1 rings (SSSR count). The van der Waals surface area contributed by atoms with Crippen molar-refractivity contribution >= 4 is 34.6 Å². The van der Waals surface area contributed by atoms with Crippen LogP contribution in [0.4, 0.5) is 0 Å². The number of halogens is 1. The van der Waals surface area contributed by atoms with Gasteiger partial charge in [-0.1, -0.05) is 12.1 Å². The fourth-order valence-corrected chi connectivity index (χ4v) is 1.76. The zero-order valence-electron chi connectivity index (χ0n) is 9.75. The number of carbonyl (C=O) groups is 1. The highest BCUT2D eigenvalue weighted by Crippen LogP contribution is 2.09. The van der Waals surface area contributed by atoms with Gasteiger partial charge in [0.15, 0.2) is 0 Å². The van der Waals surface area contributed by atoms with Crippen LogP contribution < -0.4 is 5.32 Å². The fraction of sp³-hybridized carbons (Fsp3) is 0.308. The van der Waals surface area contributed by atoms with Crippen LogP contribution in [0.1, 0.15) is 26.3 Å². The standard InChI is InChI=1S/C13H16INO/c1-13(2,3)15-12(16)8-7-10-5-4-6-11(14)9-10/h4-9H,1-3H3,(H,15,16)/b8-7+. The smallest absolute Gasteiger partial charge is 0.244 e. The van der Waals surface area contributed by atoms with Gasteiger partial charge in [0, 0.05) is 15.2 Å². The quantitative estimate of drug-likeness (QED) is 0.655. The molecule has 0 aliphatic carbocycles. The highest BCUT2D eigenvalue weighted by Gasteiger charge is 2.10. The second-order valence-corrected chi connectivity index (χ2v) is 5.87. The van der Waals surface area contributed by atoms with Crippen LogP contribution in [0.15, 0.2) is 30.3 Å². The summed E-state index contributed by atoms with van der Waals surface area (Å²) in [4.78, 5) is 11.5. The zero-order valence-corrected chi connectivity index (χ0v) is 11.9. The van der Waals surface area contributed by atoms with Crippen LogP contribution in [0.3, 0.4) is 0 Å². The van der Waals surface area contributed by atoms with E-state index in [0.29, 0.717) is 0 Å². The minimum absolute atomic E-state index is 0.0636. The van der Waals surface area contributed by atoms with Crippen molar-refractivity contribution in [2.24, 2.45) is 0 Å². The predicted octanol–water partition coefficient (Wildman–Crippen LogP) is 3.22. The molecule has 0 unspecified atom stereocenters.